The molecule has 0 unspecified atom stereocenters. The Morgan fingerprint density at radius 3 is 2.52 bits per heavy atom. The standard InChI is InChI=1S/C21H14F3N3O3S/c1-13(28)27(18-4-2-3-16(9-18)21(22,23)24)20-26-17(12-31-20)11-30-19(29)15-7-5-14(10-25)6-8-15/h2-9,12H,11H2,1H3. The van der Waals surface area contributed by atoms with Crippen molar-refractivity contribution in [1.29, 1.82) is 5.26 Å². The van der Waals surface area contributed by atoms with Crippen LogP contribution in [0.2, 0.25) is 0 Å². The van der Waals surface area contributed by atoms with E-state index in [0.29, 0.717) is 11.3 Å². The van der Waals surface area contributed by atoms with Gasteiger partial charge in [-0.25, -0.2) is 9.78 Å². The summed E-state index contributed by atoms with van der Waals surface area (Å²) in [4.78, 5) is 29.5. The van der Waals surface area contributed by atoms with Crippen molar-refractivity contribution in [2.24, 2.45) is 0 Å². The maximum absolute atomic E-state index is 13.0. The van der Waals surface area contributed by atoms with Gasteiger partial charge >= 0.3 is 12.1 Å². The number of alkyl halides is 3. The average Bonchev–Trinajstić information content (AvgIpc) is 3.20. The van der Waals surface area contributed by atoms with Gasteiger partial charge in [-0.15, -0.1) is 11.3 Å². The van der Waals surface area contributed by atoms with Crippen molar-refractivity contribution in [2.75, 3.05) is 4.90 Å². The Morgan fingerprint density at radius 2 is 1.90 bits per heavy atom. The van der Waals surface area contributed by atoms with Gasteiger partial charge in [-0.2, -0.15) is 18.4 Å². The largest absolute Gasteiger partial charge is 0.456 e. The summed E-state index contributed by atoms with van der Waals surface area (Å²) in [6.45, 7) is 1.02. The van der Waals surface area contributed by atoms with Gasteiger partial charge in [0, 0.05) is 12.3 Å². The molecule has 0 fully saturated rings. The van der Waals surface area contributed by atoms with E-state index in [1.807, 2.05) is 6.07 Å². The molecule has 0 aliphatic carbocycles. The molecule has 3 rings (SSSR count). The molecule has 0 saturated heterocycles. The number of nitrogens with zero attached hydrogens (tertiary/aromatic N) is 3. The highest BCUT2D eigenvalue weighted by Crippen LogP contribution is 2.35. The van der Waals surface area contributed by atoms with E-state index >= 15 is 0 Å². The second-order valence-electron chi connectivity index (χ2n) is 6.29. The van der Waals surface area contributed by atoms with Gasteiger partial charge in [-0.05, 0) is 42.5 Å². The second kappa shape index (κ2) is 8.97. The Bertz CT molecular complexity index is 1150. The third-order valence-corrected chi connectivity index (χ3v) is 4.95. The Labute approximate surface area is 179 Å². The molecule has 0 aliphatic heterocycles. The minimum absolute atomic E-state index is 0.0257. The zero-order valence-electron chi connectivity index (χ0n) is 16.0. The first kappa shape index (κ1) is 22.0. The summed E-state index contributed by atoms with van der Waals surface area (Å²) in [6, 6.07) is 12.2. The summed E-state index contributed by atoms with van der Waals surface area (Å²) in [6.07, 6.45) is -4.55. The number of anilines is 2. The molecule has 10 heteroatoms. The van der Waals surface area contributed by atoms with Gasteiger partial charge in [0.1, 0.15) is 6.61 Å². The third-order valence-electron chi connectivity index (χ3n) is 4.08. The number of benzene rings is 2. The van der Waals surface area contributed by atoms with Crippen LogP contribution in [0.3, 0.4) is 0 Å². The number of nitriles is 1. The molecule has 1 amide bonds. The molecular formula is C21H14F3N3O3S. The number of aromatic nitrogens is 1. The minimum atomic E-state index is -4.55. The molecule has 31 heavy (non-hydrogen) atoms. The Morgan fingerprint density at radius 1 is 1.19 bits per heavy atom. The van der Waals surface area contributed by atoms with Crippen LogP contribution in [0.5, 0.6) is 0 Å². The van der Waals surface area contributed by atoms with Crippen molar-refractivity contribution in [2.45, 2.75) is 19.7 Å². The zero-order valence-corrected chi connectivity index (χ0v) is 16.8. The Kier molecular flexibility index (Phi) is 6.36. The van der Waals surface area contributed by atoms with E-state index < -0.39 is 23.6 Å². The lowest BCUT2D eigenvalue weighted by atomic mass is 10.1. The molecule has 0 radical (unpaired) electrons. The predicted octanol–water partition coefficient (Wildman–Crippen LogP) is 5.08. The molecule has 1 heterocycles. The number of hydrogen-bond acceptors (Lipinski definition) is 6. The quantitative estimate of drug-likeness (QED) is 0.512. The van der Waals surface area contributed by atoms with E-state index in [-0.39, 0.29) is 23.0 Å². The van der Waals surface area contributed by atoms with Crippen LogP contribution >= 0.6 is 11.3 Å². The molecule has 158 valence electrons. The fourth-order valence-corrected chi connectivity index (χ4v) is 3.49. The molecular weight excluding hydrogens is 431 g/mol. The summed E-state index contributed by atoms with van der Waals surface area (Å²) in [5.74, 6) is -1.14. The molecule has 0 aliphatic rings. The minimum Gasteiger partial charge on any atom is -0.456 e. The monoisotopic (exact) mass is 445 g/mol. The normalized spacial score (nSPS) is 10.9. The molecule has 6 nitrogen and oxygen atoms in total. The van der Waals surface area contributed by atoms with Gasteiger partial charge in [0.2, 0.25) is 5.91 Å². The van der Waals surface area contributed by atoms with Crippen molar-refractivity contribution in [3.63, 3.8) is 0 Å². The van der Waals surface area contributed by atoms with Crippen LogP contribution in [-0.4, -0.2) is 16.9 Å². The van der Waals surface area contributed by atoms with Crippen molar-refractivity contribution < 1.29 is 27.5 Å². The lowest BCUT2D eigenvalue weighted by molar-refractivity contribution is -0.137. The first-order valence-electron chi connectivity index (χ1n) is 8.78. The number of rotatable bonds is 5. The summed E-state index contributed by atoms with van der Waals surface area (Å²) in [5, 5.41) is 10.5. The van der Waals surface area contributed by atoms with E-state index in [0.717, 1.165) is 28.4 Å². The van der Waals surface area contributed by atoms with Gasteiger partial charge in [0.05, 0.1) is 34.1 Å². The highest BCUT2D eigenvalue weighted by Gasteiger charge is 2.31. The van der Waals surface area contributed by atoms with Crippen LogP contribution in [0.15, 0.2) is 53.9 Å². The van der Waals surface area contributed by atoms with Crippen LogP contribution in [0.1, 0.15) is 34.1 Å². The fraction of sp³-hybridized carbons (Fsp3) is 0.143. The first-order valence-corrected chi connectivity index (χ1v) is 9.66. The third kappa shape index (κ3) is 5.26. The maximum Gasteiger partial charge on any atom is 0.416 e. The van der Waals surface area contributed by atoms with E-state index in [1.165, 1.54) is 43.3 Å². The first-order chi connectivity index (χ1) is 14.7. The molecule has 0 saturated carbocycles. The molecule has 0 atom stereocenters. The van der Waals surface area contributed by atoms with Gasteiger partial charge in [0.15, 0.2) is 5.13 Å². The van der Waals surface area contributed by atoms with Gasteiger partial charge < -0.3 is 4.74 Å². The van der Waals surface area contributed by atoms with Crippen molar-refractivity contribution in [3.05, 3.63) is 76.3 Å². The summed E-state index contributed by atoms with van der Waals surface area (Å²) in [5.41, 5.74) is 0.130. The van der Waals surface area contributed by atoms with Crippen LogP contribution in [-0.2, 0) is 22.3 Å². The molecule has 0 bridgehead atoms. The summed E-state index contributed by atoms with van der Waals surface area (Å²) >= 11 is 1.03. The number of thiazole rings is 1. The molecule has 3 aromatic rings. The lowest BCUT2D eigenvalue weighted by Crippen LogP contribution is -2.23. The van der Waals surface area contributed by atoms with E-state index in [1.54, 1.807) is 5.38 Å². The SMILES string of the molecule is CC(=O)N(c1cccc(C(F)(F)F)c1)c1nc(COC(=O)c2ccc(C#N)cc2)cs1. The van der Waals surface area contributed by atoms with Crippen LogP contribution in [0.25, 0.3) is 0 Å². The van der Waals surface area contributed by atoms with E-state index in [2.05, 4.69) is 4.98 Å². The molecule has 0 spiro atoms. The number of esters is 1. The summed E-state index contributed by atoms with van der Waals surface area (Å²) in [7, 11) is 0. The molecule has 0 N–H and O–H groups in total. The molecule has 1 aromatic heterocycles. The van der Waals surface area contributed by atoms with Crippen molar-refractivity contribution in [1.82, 2.24) is 4.98 Å². The molecule has 2 aromatic carbocycles. The van der Waals surface area contributed by atoms with Gasteiger partial charge in [0.25, 0.3) is 0 Å². The number of halogens is 3. The van der Waals surface area contributed by atoms with E-state index in [9.17, 15) is 22.8 Å². The van der Waals surface area contributed by atoms with Crippen molar-refractivity contribution >= 4 is 34.0 Å². The van der Waals surface area contributed by atoms with Crippen molar-refractivity contribution in [3.8, 4) is 6.07 Å². The maximum atomic E-state index is 13.0. The van der Waals surface area contributed by atoms with Gasteiger partial charge in [-0.1, -0.05) is 6.07 Å². The highest BCUT2D eigenvalue weighted by molar-refractivity contribution is 7.14. The van der Waals surface area contributed by atoms with Crippen LogP contribution in [0, 0.1) is 11.3 Å². The number of amides is 1. The number of hydrogen-bond donors (Lipinski definition) is 0. The van der Waals surface area contributed by atoms with Gasteiger partial charge in [-0.3, -0.25) is 9.69 Å². The van der Waals surface area contributed by atoms with Crippen LogP contribution < -0.4 is 4.90 Å². The highest BCUT2D eigenvalue weighted by atomic mass is 32.1. The Balaban J connectivity index is 1.75. The number of ether oxygens (including phenoxy) is 1. The zero-order chi connectivity index (χ0) is 22.6. The Hall–Kier alpha value is -3.71. The lowest BCUT2D eigenvalue weighted by Gasteiger charge is -2.19. The topological polar surface area (TPSA) is 83.3 Å². The fourth-order valence-electron chi connectivity index (χ4n) is 2.62. The smallest absolute Gasteiger partial charge is 0.416 e. The van der Waals surface area contributed by atoms with E-state index in [4.69, 9.17) is 10.00 Å². The average molecular weight is 445 g/mol. The second-order valence-corrected chi connectivity index (χ2v) is 7.13. The summed E-state index contributed by atoms with van der Waals surface area (Å²) < 4.78 is 44.2. The van der Waals surface area contributed by atoms with Crippen LogP contribution in [0.4, 0.5) is 24.0 Å². The number of carbonyl (C=O) groups excluding carboxylic acids is 2. The number of carbonyl (C=O) groups is 2. The predicted molar refractivity (Wildman–Crippen MR) is 107 cm³/mol.